The Bertz CT molecular complexity index is 405. The standard InChI is InChI=1S/C12H18ClN3OS/c1-3-18-10-6-4-5-9(10)15-11-8(13)7-14-12(16-11)17-2/h7,9-10H,3-6H2,1-2H3,(H,14,15,16). The molecule has 100 valence electrons. The minimum absolute atomic E-state index is 0.347. The van der Waals surface area contributed by atoms with Crippen molar-refractivity contribution >= 4 is 29.2 Å². The summed E-state index contributed by atoms with van der Waals surface area (Å²) in [7, 11) is 1.55. The van der Waals surface area contributed by atoms with Gasteiger partial charge in [0, 0.05) is 11.3 Å². The second-order valence-corrected chi connectivity index (χ2v) is 6.15. The van der Waals surface area contributed by atoms with Crippen LogP contribution in [0, 0.1) is 0 Å². The van der Waals surface area contributed by atoms with Crippen LogP contribution >= 0.6 is 23.4 Å². The van der Waals surface area contributed by atoms with Crippen LogP contribution < -0.4 is 10.1 Å². The second kappa shape index (κ2) is 6.48. The number of nitrogens with zero attached hydrogens (tertiary/aromatic N) is 2. The normalized spacial score (nSPS) is 23.1. The first-order valence-corrected chi connectivity index (χ1v) is 7.62. The zero-order chi connectivity index (χ0) is 13.0. The fraction of sp³-hybridized carbons (Fsp3) is 0.667. The third-order valence-electron chi connectivity index (χ3n) is 3.06. The van der Waals surface area contributed by atoms with E-state index in [0.717, 1.165) is 5.75 Å². The highest BCUT2D eigenvalue weighted by Crippen LogP contribution is 2.33. The topological polar surface area (TPSA) is 47.0 Å². The summed E-state index contributed by atoms with van der Waals surface area (Å²) in [5.41, 5.74) is 0. The molecule has 2 atom stereocenters. The molecule has 1 aliphatic rings. The Kier molecular flexibility index (Phi) is 4.95. The van der Waals surface area contributed by atoms with Crippen molar-refractivity contribution in [1.29, 1.82) is 0 Å². The molecular weight excluding hydrogens is 270 g/mol. The molecule has 1 aromatic rings. The molecule has 2 unspecified atom stereocenters. The maximum Gasteiger partial charge on any atom is 0.318 e. The van der Waals surface area contributed by atoms with Crippen molar-refractivity contribution < 1.29 is 4.74 Å². The number of halogens is 1. The Morgan fingerprint density at radius 2 is 2.39 bits per heavy atom. The van der Waals surface area contributed by atoms with Crippen LogP contribution in [-0.4, -0.2) is 34.1 Å². The molecular formula is C12H18ClN3OS. The van der Waals surface area contributed by atoms with Crippen LogP contribution in [-0.2, 0) is 0 Å². The summed E-state index contributed by atoms with van der Waals surface area (Å²) < 4.78 is 5.02. The summed E-state index contributed by atoms with van der Waals surface area (Å²) in [4.78, 5) is 8.24. The van der Waals surface area contributed by atoms with Gasteiger partial charge in [0.15, 0.2) is 5.82 Å². The Labute approximate surface area is 117 Å². The van der Waals surface area contributed by atoms with Crippen molar-refractivity contribution in [1.82, 2.24) is 9.97 Å². The summed E-state index contributed by atoms with van der Waals surface area (Å²) in [6.07, 6.45) is 5.26. The number of ether oxygens (including phenoxy) is 1. The van der Waals surface area contributed by atoms with Crippen LogP contribution in [0.25, 0.3) is 0 Å². The van der Waals surface area contributed by atoms with Crippen LogP contribution in [0.1, 0.15) is 26.2 Å². The molecule has 0 aliphatic heterocycles. The first kappa shape index (κ1) is 13.7. The monoisotopic (exact) mass is 287 g/mol. The van der Waals surface area contributed by atoms with Gasteiger partial charge < -0.3 is 10.1 Å². The summed E-state index contributed by atoms with van der Waals surface area (Å²) >= 11 is 8.11. The molecule has 1 fully saturated rings. The zero-order valence-corrected chi connectivity index (χ0v) is 12.2. The van der Waals surface area contributed by atoms with Crippen molar-refractivity contribution in [2.24, 2.45) is 0 Å². The van der Waals surface area contributed by atoms with E-state index in [-0.39, 0.29) is 0 Å². The molecule has 1 N–H and O–H groups in total. The minimum Gasteiger partial charge on any atom is -0.467 e. The molecule has 2 rings (SSSR count). The van der Waals surface area contributed by atoms with Gasteiger partial charge in [-0.3, -0.25) is 0 Å². The van der Waals surface area contributed by atoms with Gasteiger partial charge in [-0.2, -0.15) is 16.7 Å². The van der Waals surface area contributed by atoms with E-state index in [1.807, 2.05) is 11.8 Å². The number of rotatable bonds is 5. The Balaban J connectivity index is 2.08. The molecule has 1 heterocycles. The lowest BCUT2D eigenvalue weighted by Gasteiger charge is -2.21. The Hall–Kier alpha value is -0.680. The van der Waals surface area contributed by atoms with Gasteiger partial charge in [-0.05, 0) is 18.6 Å². The van der Waals surface area contributed by atoms with Crippen LogP contribution in [0.15, 0.2) is 6.20 Å². The van der Waals surface area contributed by atoms with Crippen LogP contribution in [0.4, 0.5) is 5.82 Å². The number of aromatic nitrogens is 2. The van der Waals surface area contributed by atoms with Gasteiger partial charge in [-0.25, -0.2) is 4.98 Å². The molecule has 0 bridgehead atoms. The van der Waals surface area contributed by atoms with Gasteiger partial charge >= 0.3 is 6.01 Å². The third kappa shape index (κ3) is 3.20. The summed E-state index contributed by atoms with van der Waals surface area (Å²) in [5, 5.41) is 4.62. The summed E-state index contributed by atoms with van der Waals surface area (Å²) in [6, 6.07) is 0.784. The number of hydrogen-bond acceptors (Lipinski definition) is 5. The quantitative estimate of drug-likeness (QED) is 0.901. The number of methoxy groups -OCH3 is 1. The third-order valence-corrected chi connectivity index (χ3v) is 4.66. The molecule has 0 saturated heterocycles. The average molecular weight is 288 g/mol. The molecule has 18 heavy (non-hydrogen) atoms. The lowest BCUT2D eigenvalue weighted by atomic mass is 10.2. The van der Waals surface area contributed by atoms with Crippen molar-refractivity contribution in [2.75, 3.05) is 18.2 Å². The van der Waals surface area contributed by atoms with Crippen molar-refractivity contribution in [3.63, 3.8) is 0 Å². The molecule has 0 radical (unpaired) electrons. The number of nitrogens with one attached hydrogen (secondary N) is 1. The maximum atomic E-state index is 6.11. The lowest BCUT2D eigenvalue weighted by Crippen LogP contribution is -2.27. The maximum absolute atomic E-state index is 6.11. The number of thioether (sulfide) groups is 1. The molecule has 0 amide bonds. The number of hydrogen-bond donors (Lipinski definition) is 1. The Morgan fingerprint density at radius 1 is 1.56 bits per heavy atom. The molecule has 6 heteroatoms. The summed E-state index contributed by atoms with van der Waals surface area (Å²) in [5.74, 6) is 1.82. The van der Waals surface area contributed by atoms with E-state index in [1.165, 1.54) is 19.3 Å². The fourth-order valence-corrected chi connectivity index (χ4v) is 3.57. The van der Waals surface area contributed by atoms with Crippen LogP contribution in [0.2, 0.25) is 5.02 Å². The van der Waals surface area contributed by atoms with Gasteiger partial charge in [0.05, 0.1) is 13.3 Å². The SMILES string of the molecule is CCSC1CCCC1Nc1nc(OC)ncc1Cl. The zero-order valence-electron chi connectivity index (χ0n) is 10.6. The van der Waals surface area contributed by atoms with E-state index >= 15 is 0 Å². The van der Waals surface area contributed by atoms with Gasteiger partial charge in [-0.1, -0.05) is 24.9 Å². The highest BCUT2D eigenvalue weighted by molar-refractivity contribution is 7.99. The smallest absolute Gasteiger partial charge is 0.318 e. The molecule has 0 aromatic carbocycles. The first-order chi connectivity index (χ1) is 8.74. The predicted molar refractivity (Wildman–Crippen MR) is 76.8 cm³/mol. The average Bonchev–Trinajstić information content (AvgIpc) is 2.80. The highest BCUT2D eigenvalue weighted by Gasteiger charge is 2.27. The second-order valence-electron chi connectivity index (χ2n) is 4.23. The van der Waals surface area contributed by atoms with Crippen molar-refractivity contribution in [2.45, 2.75) is 37.5 Å². The Morgan fingerprint density at radius 3 is 3.11 bits per heavy atom. The van der Waals surface area contributed by atoms with E-state index in [9.17, 15) is 0 Å². The van der Waals surface area contributed by atoms with E-state index < -0.39 is 0 Å². The van der Waals surface area contributed by atoms with Crippen LogP contribution in [0.5, 0.6) is 6.01 Å². The van der Waals surface area contributed by atoms with E-state index in [2.05, 4.69) is 22.2 Å². The molecule has 1 aliphatic carbocycles. The van der Waals surface area contributed by atoms with E-state index in [1.54, 1.807) is 13.3 Å². The van der Waals surface area contributed by atoms with Gasteiger partial charge in [0.1, 0.15) is 5.02 Å². The molecule has 4 nitrogen and oxygen atoms in total. The van der Waals surface area contributed by atoms with Crippen molar-refractivity contribution in [3.8, 4) is 6.01 Å². The molecule has 1 saturated carbocycles. The minimum atomic E-state index is 0.347. The van der Waals surface area contributed by atoms with Gasteiger partial charge in [-0.15, -0.1) is 0 Å². The summed E-state index contributed by atoms with van der Waals surface area (Å²) in [6.45, 7) is 2.20. The fourth-order valence-electron chi connectivity index (χ4n) is 2.23. The van der Waals surface area contributed by atoms with Gasteiger partial charge in [0.2, 0.25) is 0 Å². The van der Waals surface area contributed by atoms with E-state index in [4.69, 9.17) is 16.3 Å². The predicted octanol–water partition coefficient (Wildman–Crippen LogP) is 3.22. The number of anilines is 1. The van der Waals surface area contributed by atoms with Crippen molar-refractivity contribution in [3.05, 3.63) is 11.2 Å². The van der Waals surface area contributed by atoms with Gasteiger partial charge in [0.25, 0.3) is 0 Å². The van der Waals surface area contributed by atoms with E-state index in [0.29, 0.717) is 28.1 Å². The highest BCUT2D eigenvalue weighted by atomic mass is 35.5. The largest absolute Gasteiger partial charge is 0.467 e. The first-order valence-electron chi connectivity index (χ1n) is 6.19. The van der Waals surface area contributed by atoms with Crippen LogP contribution in [0.3, 0.4) is 0 Å². The lowest BCUT2D eigenvalue weighted by molar-refractivity contribution is 0.380. The molecule has 1 aromatic heterocycles. The molecule has 0 spiro atoms.